The molecule has 0 unspecified atom stereocenters. The maximum Gasteiger partial charge on any atom is 0.491 e. The van der Waals surface area contributed by atoms with Crippen molar-refractivity contribution in [1.82, 2.24) is 0 Å². The van der Waals surface area contributed by atoms with Gasteiger partial charge in [-0.25, -0.2) is 0 Å². The van der Waals surface area contributed by atoms with E-state index in [1.165, 1.54) is 5.56 Å². The molecule has 0 atom stereocenters. The fraction of sp³-hybridized carbons (Fsp3) is 0.400. The lowest BCUT2D eigenvalue weighted by atomic mass is 9.78. The summed E-state index contributed by atoms with van der Waals surface area (Å²) in [6, 6.07) is 6.18. The van der Waals surface area contributed by atoms with Gasteiger partial charge in [0.05, 0.1) is 6.61 Å². The van der Waals surface area contributed by atoms with E-state index in [-0.39, 0.29) is 0 Å². The van der Waals surface area contributed by atoms with Crippen LogP contribution in [0.2, 0.25) is 0 Å². The molecule has 0 amide bonds. The topological polar surface area (TPSA) is 29.5 Å². The van der Waals surface area contributed by atoms with Crippen LogP contribution in [-0.2, 0) is 11.3 Å². The van der Waals surface area contributed by atoms with Gasteiger partial charge in [-0.2, -0.15) is 0 Å². The molecule has 1 aromatic carbocycles. The van der Waals surface area contributed by atoms with Gasteiger partial charge in [0.15, 0.2) is 0 Å². The van der Waals surface area contributed by atoms with E-state index in [9.17, 15) is 5.02 Å². The molecule has 0 bridgehead atoms. The maximum atomic E-state index is 9.47. The van der Waals surface area contributed by atoms with E-state index < -0.39 is 7.12 Å². The number of hydrogen-bond acceptors (Lipinski definition) is 2. The van der Waals surface area contributed by atoms with Gasteiger partial charge in [0, 0.05) is 0 Å². The van der Waals surface area contributed by atoms with Crippen molar-refractivity contribution in [2.24, 2.45) is 0 Å². The van der Waals surface area contributed by atoms with Gasteiger partial charge in [0.1, 0.15) is 0 Å². The molecule has 2 nitrogen and oxygen atoms in total. The molecule has 3 heteroatoms. The van der Waals surface area contributed by atoms with Crippen LogP contribution in [0.3, 0.4) is 0 Å². The molecule has 68 valence electrons. The lowest BCUT2D eigenvalue weighted by molar-refractivity contribution is 0.275. The zero-order valence-corrected chi connectivity index (χ0v) is 7.95. The molecule has 1 aliphatic rings. The average molecular weight is 176 g/mol. The Labute approximate surface area is 78.7 Å². The molecular weight excluding hydrogens is 163 g/mol. The van der Waals surface area contributed by atoms with Gasteiger partial charge >= 0.3 is 7.12 Å². The van der Waals surface area contributed by atoms with Crippen molar-refractivity contribution in [3.63, 3.8) is 0 Å². The molecule has 1 aliphatic heterocycles. The highest BCUT2D eigenvalue weighted by Gasteiger charge is 2.27. The second-order valence-electron chi connectivity index (χ2n) is 3.78. The Kier molecular flexibility index (Phi) is 2.14. The van der Waals surface area contributed by atoms with Gasteiger partial charge in [-0.05, 0) is 22.5 Å². The van der Waals surface area contributed by atoms with E-state index >= 15 is 0 Å². The Morgan fingerprint density at radius 1 is 1.46 bits per heavy atom. The highest BCUT2D eigenvalue weighted by Crippen LogP contribution is 2.17. The van der Waals surface area contributed by atoms with Gasteiger partial charge in [0.2, 0.25) is 0 Å². The maximum absolute atomic E-state index is 9.47. The van der Waals surface area contributed by atoms with Crippen molar-refractivity contribution >= 4 is 12.6 Å². The van der Waals surface area contributed by atoms with Crippen molar-refractivity contribution in [2.75, 3.05) is 0 Å². The van der Waals surface area contributed by atoms with Crippen LogP contribution in [0.5, 0.6) is 0 Å². The van der Waals surface area contributed by atoms with Gasteiger partial charge < -0.3 is 9.68 Å². The fourth-order valence-corrected chi connectivity index (χ4v) is 1.59. The first-order valence-corrected chi connectivity index (χ1v) is 4.61. The third kappa shape index (κ3) is 1.49. The number of benzene rings is 1. The summed E-state index contributed by atoms with van der Waals surface area (Å²) >= 11 is 0. The molecule has 0 saturated carbocycles. The molecule has 0 saturated heterocycles. The van der Waals surface area contributed by atoms with E-state index in [4.69, 9.17) is 4.65 Å². The lowest BCUT2D eigenvalue weighted by Crippen LogP contribution is -2.28. The molecule has 0 aromatic heterocycles. The second kappa shape index (κ2) is 3.16. The summed E-state index contributed by atoms with van der Waals surface area (Å²) < 4.78 is 5.11. The smallest absolute Gasteiger partial charge is 0.423 e. The largest absolute Gasteiger partial charge is 0.491 e. The summed E-state index contributed by atoms with van der Waals surface area (Å²) in [5.74, 6) is 0.498. The summed E-state index contributed by atoms with van der Waals surface area (Å²) in [6.07, 6.45) is 0. The predicted octanol–water partition coefficient (Wildman–Crippen LogP) is 1.03. The molecular formula is C10H13BO2. The van der Waals surface area contributed by atoms with Crippen molar-refractivity contribution in [1.29, 1.82) is 0 Å². The van der Waals surface area contributed by atoms with Crippen LogP contribution in [0.1, 0.15) is 30.9 Å². The first kappa shape index (κ1) is 8.79. The van der Waals surface area contributed by atoms with Crippen LogP contribution in [0, 0.1) is 0 Å². The highest BCUT2D eigenvalue weighted by molar-refractivity contribution is 6.61. The summed E-state index contributed by atoms with van der Waals surface area (Å²) in [4.78, 5) is 0. The van der Waals surface area contributed by atoms with Crippen LogP contribution < -0.4 is 5.46 Å². The summed E-state index contributed by atoms with van der Waals surface area (Å²) in [7, 11) is -0.714. The summed E-state index contributed by atoms with van der Waals surface area (Å²) in [6.45, 7) is 4.82. The van der Waals surface area contributed by atoms with Crippen LogP contribution in [0.25, 0.3) is 0 Å². The van der Waals surface area contributed by atoms with Crippen molar-refractivity contribution in [3.8, 4) is 0 Å². The second-order valence-corrected chi connectivity index (χ2v) is 3.78. The third-order valence-electron chi connectivity index (χ3n) is 2.50. The monoisotopic (exact) mass is 176 g/mol. The number of hydrogen-bond donors (Lipinski definition) is 1. The van der Waals surface area contributed by atoms with Crippen LogP contribution in [0.4, 0.5) is 0 Å². The lowest BCUT2D eigenvalue weighted by Gasteiger charge is -2.07. The summed E-state index contributed by atoms with van der Waals surface area (Å²) in [5.41, 5.74) is 3.30. The van der Waals surface area contributed by atoms with Crippen molar-refractivity contribution < 1.29 is 9.68 Å². The van der Waals surface area contributed by atoms with Crippen molar-refractivity contribution in [3.05, 3.63) is 29.3 Å². The predicted molar refractivity (Wildman–Crippen MR) is 52.9 cm³/mol. The van der Waals surface area contributed by atoms with E-state index in [0.717, 1.165) is 11.0 Å². The first-order chi connectivity index (χ1) is 6.18. The number of fused-ring (bicyclic) bond motifs is 1. The molecule has 1 N–H and O–H groups in total. The number of rotatable bonds is 1. The normalized spacial score (nSPS) is 15.2. The Hall–Kier alpha value is -0.795. The van der Waals surface area contributed by atoms with Crippen molar-refractivity contribution in [2.45, 2.75) is 26.4 Å². The molecule has 0 spiro atoms. The summed E-state index contributed by atoms with van der Waals surface area (Å²) in [5, 5.41) is 9.47. The van der Waals surface area contributed by atoms with E-state index in [1.54, 1.807) is 0 Å². The van der Waals surface area contributed by atoms with Gasteiger partial charge in [0.25, 0.3) is 0 Å². The Morgan fingerprint density at radius 3 is 2.92 bits per heavy atom. The zero-order chi connectivity index (χ0) is 9.42. The van der Waals surface area contributed by atoms with Gasteiger partial charge in [-0.3, -0.25) is 0 Å². The molecule has 1 heterocycles. The Balaban J connectivity index is 2.42. The van der Waals surface area contributed by atoms with Crippen LogP contribution in [0.15, 0.2) is 18.2 Å². The molecule has 1 aromatic rings. The van der Waals surface area contributed by atoms with E-state index in [2.05, 4.69) is 19.9 Å². The first-order valence-electron chi connectivity index (χ1n) is 4.61. The third-order valence-corrected chi connectivity index (χ3v) is 2.50. The van der Waals surface area contributed by atoms with Crippen LogP contribution >= 0.6 is 0 Å². The quantitative estimate of drug-likeness (QED) is 0.647. The van der Waals surface area contributed by atoms with E-state index in [0.29, 0.717) is 12.5 Å². The molecule has 0 radical (unpaired) electrons. The minimum atomic E-state index is -0.714. The van der Waals surface area contributed by atoms with Gasteiger partial charge in [-0.1, -0.05) is 32.0 Å². The average Bonchev–Trinajstić information content (AvgIpc) is 2.47. The Morgan fingerprint density at radius 2 is 2.23 bits per heavy atom. The molecule has 0 aliphatic carbocycles. The van der Waals surface area contributed by atoms with Crippen LogP contribution in [-0.4, -0.2) is 12.1 Å². The minimum absolute atomic E-state index is 0.498. The molecule has 0 fully saturated rings. The highest BCUT2D eigenvalue weighted by atomic mass is 16.5. The molecule has 2 rings (SSSR count). The van der Waals surface area contributed by atoms with E-state index in [1.807, 2.05) is 12.1 Å². The Bertz CT molecular complexity index is 323. The zero-order valence-electron chi connectivity index (χ0n) is 7.95. The fourth-order valence-electron chi connectivity index (χ4n) is 1.59. The standard InChI is InChI=1S/C10H13BO2/c1-7(2)8-3-4-9-6-13-11(12)10(9)5-8/h3-5,7,12H,6H2,1-2H3. The van der Waals surface area contributed by atoms with Gasteiger partial charge in [-0.15, -0.1) is 0 Å². The minimum Gasteiger partial charge on any atom is -0.423 e. The SMILES string of the molecule is CC(C)c1ccc2c(c1)B(O)OC2. The molecule has 13 heavy (non-hydrogen) atoms.